The number of hydrogen-bond acceptors (Lipinski definition) is 15. The lowest BCUT2D eigenvalue weighted by Crippen LogP contribution is -2.30. The molecule has 112 heavy (non-hydrogen) atoms. The monoisotopic (exact) mass is 1590 g/mol. The van der Waals surface area contributed by atoms with Crippen molar-refractivity contribution in [1.82, 2.24) is 0 Å². The summed E-state index contributed by atoms with van der Waals surface area (Å²) in [6, 6.07) is 0. The van der Waals surface area contributed by atoms with Gasteiger partial charge in [0.2, 0.25) is 0 Å². The van der Waals surface area contributed by atoms with Gasteiger partial charge in [-0.15, -0.1) is 0 Å². The normalized spacial score (nSPS) is 15.0. The van der Waals surface area contributed by atoms with Gasteiger partial charge < -0.3 is 33.8 Å². The molecule has 3 N–H and O–H groups in total. The highest BCUT2D eigenvalue weighted by Gasteiger charge is 2.30. The molecule has 0 fully saturated rings. The third kappa shape index (κ3) is 81.1. The maximum Gasteiger partial charge on any atom is 0.472 e. The van der Waals surface area contributed by atoms with Gasteiger partial charge in [-0.25, -0.2) is 9.13 Å². The van der Waals surface area contributed by atoms with Crippen LogP contribution >= 0.6 is 15.6 Å². The van der Waals surface area contributed by atoms with E-state index in [9.17, 15) is 43.2 Å². The summed E-state index contributed by atoms with van der Waals surface area (Å²) in [5.41, 5.74) is 0. The summed E-state index contributed by atoms with van der Waals surface area (Å²) in [6.07, 6.45) is 106. The standard InChI is InChI=1S/C93H144O17P2/c1-5-9-13-17-21-25-29-33-37-40-43-46-50-54-58-62-66-70-74-78-91(96)104-84-89(110-93(98)80-76-72-68-64-60-56-52-48-45-42-39-35-31-27-23-19-15-11-7-3)86-108-112(101,102)106-82-87(94)81-105-111(99,100)107-85-88(83-103-90(95)77-73-69-65-61-57-53-49-36-32-28-24-20-16-12-8-4)109-92(97)79-75-71-67-63-59-55-51-47-44-41-38-34-30-26-22-18-14-10-6-2/h9-10,13-14,21-28,33-39,43-49,54-56,58-60,66-68,70-72,87-89,94H,5-8,11-12,15-20,29-32,40-42,50-53,57,61-65,69,73-86H2,1-4H3,(H,99,100)(H,101,102)/b13-9-,14-10-,25-21-,26-22-,27-23-,28-24-,37-33-,38-34-,39-35-,46-43-,47-44-,48-45-,49-36-,58-54-,59-55-,60-56-,70-66-,71-67-,72-68-/t87-,88+,89+/m0/s1. The minimum atomic E-state index is -5.04. The third-order valence-corrected chi connectivity index (χ3v) is 18.0. The number of aliphatic hydroxyl groups is 1. The fourth-order valence-corrected chi connectivity index (χ4v) is 11.5. The summed E-state index contributed by atoms with van der Waals surface area (Å²) in [6.45, 7) is 4.28. The number of ether oxygens (including phenoxy) is 4. The van der Waals surface area contributed by atoms with Crippen molar-refractivity contribution in [2.75, 3.05) is 39.6 Å². The van der Waals surface area contributed by atoms with Gasteiger partial charge >= 0.3 is 39.5 Å². The van der Waals surface area contributed by atoms with E-state index in [1.54, 1.807) is 0 Å². The number of esters is 4. The minimum absolute atomic E-state index is 0.00838. The Morgan fingerprint density at radius 1 is 0.259 bits per heavy atom. The first-order valence-electron chi connectivity index (χ1n) is 41.6. The molecule has 0 saturated heterocycles. The molecular weight excluding hydrogens is 1450 g/mol. The van der Waals surface area contributed by atoms with Crippen molar-refractivity contribution in [2.24, 2.45) is 0 Å². The summed E-state index contributed by atoms with van der Waals surface area (Å²) in [7, 11) is -10.1. The summed E-state index contributed by atoms with van der Waals surface area (Å²) < 4.78 is 68.4. The van der Waals surface area contributed by atoms with Gasteiger partial charge in [-0.05, 0) is 173 Å². The van der Waals surface area contributed by atoms with E-state index in [2.05, 4.69) is 204 Å². The van der Waals surface area contributed by atoms with Gasteiger partial charge in [0.05, 0.1) is 26.4 Å². The summed E-state index contributed by atoms with van der Waals surface area (Å²) >= 11 is 0. The average molecular weight is 1600 g/mol. The molecule has 0 heterocycles. The van der Waals surface area contributed by atoms with Crippen LogP contribution in [0.2, 0.25) is 0 Å². The molecule has 0 aromatic carbocycles. The number of carbonyl (C=O) groups excluding carboxylic acids is 4. The van der Waals surface area contributed by atoms with Gasteiger partial charge in [-0.3, -0.25) is 37.3 Å². The van der Waals surface area contributed by atoms with Gasteiger partial charge in [0, 0.05) is 25.7 Å². The van der Waals surface area contributed by atoms with Gasteiger partial charge in [0.25, 0.3) is 0 Å². The predicted octanol–water partition coefficient (Wildman–Crippen LogP) is 25.0. The van der Waals surface area contributed by atoms with Crippen LogP contribution in [0.4, 0.5) is 0 Å². The van der Waals surface area contributed by atoms with E-state index in [0.717, 1.165) is 135 Å². The number of aliphatic hydroxyl groups excluding tert-OH is 1. The van der Waals surface area contributed by atoms with Crippen molar-refractivity contribution in [3.8, 4) is 0 Å². The maximum absolute atomic E-state index is 13.1. The van der Waals surface area contributed by atoms with Crippen LogP contribution in [0.5, 0.6) is 0 Å². The number of allylic oxidation sites excluding steroid dienone is 38. The first-order valence-corrected chi connectivity index (χ1v) is 44.6. The lowest BCUT2D eigenvalue weighted by atomic mass is 10.1. The van der Waals surface area contributed by atoms with Crippen LogP contribution in [0, 0.1) is 0 Å². The number of phosphoric acid groups is 2. The molecule has 628 valence electrons. The Kier molecular flexibility index (Phi) is 77.1. The molecule has 0 spiro atoms. The van der Waals surface area contributed by atoms with E-state index >= 15 is 0 Å². The molecule has 0 bridgehead atoms. The summed E-state index contributed by atoms with van der Waals surface area (Å²) in [5.74, 6) is -2.51. The van der Waals surface area contributed by atoms with Gasteiger partial charge in [0.1, 0.15) is 19.3 Å². The number of unbranched alkanes of at least 4 members (excludes halogenated alkanes) is 11. The van der Waals surface area contributed by atoms with Crippen LogP contribution in [-0.2, 0) is 65.4 Å². The molecule has 0 radical (unpaired) electrons. The Bertz CT molecular complexity index is 3040. The van der Waals surface area contributed by atoms with Crippen LogP contribution in [0.25, 0.3) is 0 Å². The van der Waals surface area contributed by atoms with Gasteiger partial charge in [-0.1, -0.05) is 304 Å². The lowest BCUT2D eigenvalue weighted by molar-refractivity contribution is -0.161. The fourth-order valence-electron chi connectivity index (χ4n) is 9.87. The van der Waals surface area contributed by atoms with Gasteiger partial charge in [0.15, 0.2) is 12.2 Å². The van der Waals surface area contributed by atoms with Crippen LogP contribution in [0.3, 0.4) is 0 Å². The second-order valence-electron chi connectivity index (χ2n) is 26.6. The fraction of sp³-hybridized carbons (Fsp3) is 0.548. The molecule has 0 aliphatic heterocycles. The zero-order chi connectivity index (χ0) is 81.7. The SMILES string of the molecule is CC/C=C\C/C=C\C/C=C\C/C=C\C/C=C\C/C=C\CCC(=O)OC[C@H](COP(=O)(O)OC[C@@H](O)COP(=O)(O)OC[C@@H](COC(=O)CCCCCCC/C=C\C/C=C\CCCCC)OC(=O)CC/C=C\C/C=C\C/C=C\C/C=C\C/C=C\C/C=C\CC)OC(=O)CC/C=C\C/C=C\C/C=C\C/C=C\C/C=C\CCCCC. The molecule has 0 saturated carbocycles. The van der Waals surface area contributed by atoms with Crippen LogP contribution in [0.1, 0.15) is 272 Å². The zero-order valence-electron chi connectivity index (χ0n) is 68.7. The first-order chi connectivity index (χ1) is 54.7. The van der Waals surface area contributed by atoms with Gasteiger partial charge in [-0.2, -0.15) is 0 Å². The topological polar surface area (TPSA) is 237 Å². The third-order valence-electron chi connectivity index (χ3n) is 16.1. The number of carbonyl (C=O) groups is 4. The number of hydrogen-bond donors (Lipinski definition) is 3. The summed E-state index contributed by atoms with van der Waals surface area (Å²) in [4.78, 5) is 73.1. The van der Waals surface area contributed by atoms with Crippen molar-refractivity contribution in [3.05, 3.63) is 231 Å². The van der Waals surface area contributed by atoms with E-state index in [-0.39, 0.29) is 25.7 Å². The smallest absolute Gasteiger partial charge is 0.462 e. The molecule has 0 amide bonds. The molecule has 0 aromatic heterocycles. The van der Waals surface area contributed by atoms with Crippen molar-refractivity contribution in [2.45, 2.75) is 290 Å². The van der Waals surface area contributed by atoms with Crippen LogP contribution in [0.15, 0.2) is 231 Å². The molecule has 19 heteroatoms. The second-order valence-corrected chi connectivity index (χ2v) is 29.5. The zero-order valence-corrected chi connectivity index (χ0v) is 70.5. The molecule has 0 aliphatic rings. The summed E-state index contributed by atoms with van der Waals surface area (Å²) in [5, 5.41) is 10.7. The molecule has 0 rings (SSSR count). The van der Waals surface area contributed by atoms with Crippen molar-refractivity contribution < 1.29 is 80.2 Å². The lowest BCUT2D eigenvalue weighted by Gasteiger charge is -2.21. The second kappa shape index (κ2) is 82.1. The van der Waals surface area contributed by atoms with Crippen LogP contribution in [-0.4, -0.2) is 96.7 Å². The maximum atomic E-state index is 13.1. The quantitative estimate of drug-likeness (QED) is 0.0169. The van der Waals surface area contributed by atoms with E-state index < -0.39 is 97.5 Å². The average Bonchev–Trinajstić information content (AvgIpc) is 0.908. The van der Waals surface area contributed by atoms with Crippen molar-refractivity contribution >= 4 is 39.5 Å². The highest BCUT2D eigenvalue weighted by molar-refractivity contribution is 7.47. The largest absolute Gasteiger partial charge is 0.472 e. The molecule has 0 aliphatic carbocycles. The van der Waals surface area contributed by atoms with Crippen molar-refractivity contribution in [3.63, 3.8) is 0 Å². The highest BCUT2D eigenvalue weighted by Crippen LogP contribution is 2.45. The Morgan fingerprint density at radius 2 is 0.482 bits per heavy atom. The molecule has 17 nitrogen and oxygen atoms in total. The molecular formula is C93H144O17P2. The number of rotatable bonds is 75. The Labute approximate surface area is 676 Å². The predicted molar refractivity (Wildman–Crippen MR) is 463 cm³/mol. The van der Waals surface area contributed by atoms with E-state index in [4.69, 9.17) is 37.0 Å². The van der Waals surface area contributed by atoms with E-state index in [0.29, 0.717) is 44.9 Å². The Hall–Kier alpha value is -6.88. The minimum Gasteiger partial charge on any atom is -0.462 e. The van der Waals surface area contributed by atoms with E-state index in [1.807, 2.05) is 54.7 Å². The number of phosphoric ester groups is 2. The molecule has 5 atom stereocenters. The Balaban J connectivity index is 5.63. The molecule has 0 aromatic rings. The molecule has 2 unspecified atom stereocenters. The van der Waals surface area contributed by atoms with Crippen LogP contribution < -0.4 is 0 Å². The highest BCUT2D eigenvalue weighted by atomic mass is 31.2. The van der Waals surface area contributed by atoms with E-state index in [1.165, 1.54) is 38.5 Å². The van der Waals surface area contributed by atoms with Crippen molar-refractivity contribution in [1.29, 1.82) is 0 Å². The first kappa shape index (κ1) is 105. The Morgan fingerprint density at radius 3 is 0.768 bits per heavy atom.